The summed E-state index contributed by atoms with van der Waals surface area (Å²) in [6, 6.07) is 18.5. The number of rotatable bonds is 2. The Morgan fingerprint density at radius 1 is 0.895 bits per heavy atom. The van der Waals surface area contributed by atoms with Crippen molar-refractivity contribution in [2.45, 2.75) is 0 Å². The van der Waals surface area contributed by atoms with E-state index in [4.69, 9.17) is 0 Å². The summed E-state index contributed by atoms with van der Waals surface area (Å²) in [5, 5.41) is 2.39. The molecule has 1 aromatic heterocycles. The fourth-order valence-corrected chi connectivity index (χ4v) is 2.48. The summed E-state index contributed by atoms with van der Waals surface area (Å²) in [6.45, 7) is 0. The molecule has 0 aliphatic heterocycles. The third kappa shape index (κ3) is 2.74. The van der Waals surface area contributed by atoms with Crippen molar-refractivity contribution >= 4 is 38.9 Å². The molecule has 0 aliphatic rings. The second-order valence-corrected chi connectivity index (χ2v) is 5.22. The first-order valence-electron chi connectivity index (χ1n) is 6.10. The number of hydrogen-bond donors (Lipinski definition) is 0. The quantitative estimate of drug-likeness (QED) is 0.636. The molecule has 0 N–H and O–H groups in total. The molecular weight excluding hydrogens is 298 g/mol. The smallest absolute Gasteiger partial charge is 0.0708 e. The molecular formula is C17H12BrN. The highest BCUT2D eigenvalue weighted by atomic mass is 79.9. The van der Waals surface area contributed by atoms with Crippen LogP contribution in [0.15, 0.2) is 65.3 Å². The number of pyridine rings is 1. The predicted octanol–water partition coefficient (Wildman–Crippen LogP) is 5.17. The molecule has 0 bridgehead atoms. The predicted molar refractivity (Wildman–Crippen MR) is 84.8 cm³/mol. The lowest BCUT2D eigenvalue weighted by atomic mass is 10.1. The van der Waals surface area contributed by atoms with E-state index >= 15 is 0 Å². The Morgan fingerprint density at radius 3 is 2.68 bits per heavy atom. The van der Waals surface area contributed by atoms with Gasteiger partial charge in [-0.15, -0.1) is 0 Å². The highest BCUT2D eigenvalue weighted by Gasteiger charge is 1.97. The van der Waals surface area contributed by atoms with Crippen molar-refractivity contribution in [2.24, 2.45) is 0 Å². The van der Waals surface area contributed by atoms with Gasteiger partial charge >= 0.3 is 0 Å². The first-order valence-corrected chi connectivity index (χ1v) is 6.90. The Bertz CT molecular complexity index is 742. The van der Waals surface area contributed by atoms with Crippen LogP contribution in [0.4, 0.5) is 0 Å². The van der Waals surface area contributed by atoms with E-state index in [2.05, 4.69) is 57.3 Å². The highest BCUT2D eigenvalue weighted by molar-refractivity contribution is 9.10. The van der Waals surface area contributed by atoms with E-state index in [1.807, 2.05) is 36.5 Å². The number of aromatic nitrogens is 1. The average molecular weight is 310 g/mol. The zero-order valence-corrected chi connectivity index (χ0v) is 11.8. The number of benzene rings is 2. The monoisotopic (exact) mass is 309 g/mol. The first kappa shape index (κ1) is 12.1. The molecule has 3 aromatic rings. The summed E-state index contributed by atoms with van der Waals surface area (Å²) >= 11 is 3.48. The van der Waals surface area contributed by atoms with Crippen LogP contribution >= 0.6 is 15.9 Å². The molecule has 0 fully saturated rings. The second kappa shape index (κ2) is 5.37. The van der Waals surface area contributed by atoms with Crippen LogP contribution in [0.25, 0.3) is 22.9 Å². The normalized spacial score (nSPS) is 11.2. The molecule has 2 heteroatoms. The van der Waals surface area contributed by atoms with Crippen molar-refractivity contribution < 1.29 is 0 Å². The van der Waals surface area contributed by atoms with E-state index in [0.717, 1.165) is 15.7 Å². The summed E-state index contributed by atoms with van der Waals surface area (Å²) in [7, 11) is 0. The fraction of sp³-hybridized carbons (Fsp3) is 0. The molecule has 0 spiro atoms. The van der Waals surface area contributed by atoms with Crippen molar-refractivity contribution in [2.75, 3.05) is 0 Å². The SMILES string of the molecule is Brc1cccc(C=Cc2nccc3ccccc23)c1. The molecule has 19 heavy (non-hydrogen) atoms. The molecule has 0 aliphatic carbocycles. The molecule has 0 unspecified atom stereocenters. The van der Waals surface area contributed by atoms with Crippen molar-refractivity contribution in [3.63, 3.8) is 0 Å². The number of fused-ring (bicyclic) bond motifs is 1. The second-order valence-electron chi connectivity index (χ2n) is 4.31. The number of halogens is 1. The molecule has 92 valence electrons. The van der Waals surface area contributed by atoms with Gasteiger partial charge in [-0.1, -0.05) is 58.4 Å². The van der Waals surface area contributed by atoms with Crippen molar-refractivity contribution in [1.82, 2.24) is 4.98 Å². The van der Waals surface area contributed by atoms with E-state index in [-0.39, 0.29) is 0 Å². The lowest BCUT2D eigenvalue weighted by molar-refractivity contribution is 1.33. The maximum absolute atomic E-state index is 4.45. The Morgan fingerprint density at radius 2 is 1.79 bits per heavy atom. The minimum atomic E-state index is 0.998. The van der Waals surface area contributed by atoms with Gasteiger partial charge in [0.05, 0.1) is 5.69 Å². The minimum absolute atomic E-state index is 0.998. The molecule has 0 saturated heterocycles. The van der Waals surface area contributed by atoms with Gasteiger partial charge in [0.15, 0.2) is 0 Å². The van der Waals surface area contributed by atoms with E-state index in [9.17, 15) is 0 Å². The van der Waals surface area contributed by atoms with Crippen LogP contribution in [0.2, 0.25) is 0 Å². The summed E-state index contributed by atoms with van der Waals surface area (Å²) in [5.41, 5.74) is 2.15. The lowest BCUT2D eigenvalue weighted by Gasteiger charge is -2.01. The Labute approximate surface area is 120 Å². The summed E-state index contributed by atoms with van der Waals surface area (Å²) in [5.74, 6) is 0. The number of hydrogen-bond acceptors (Lipinski definition) is 1. The minimum Gasteiger partial charge on any atom is -0.256 e. The Kier molecular flexibility index (Phi) is 3.43. The molecule has 3 rings (SSSR count). The maximum atomic E-state index is 4.45. The zero-order chi connectivity index (χ0) is 13.1. The Hall–Kier alpha value is -1.93. The van der Waals surface area contributed by atoms with Crippen LogP contribution < -0.4 is 0 Å². The first-order chi connectivity index (χ1) is 9.33. The summed E-state index contributed by atoms with van der Waals surface area (Å²) in [6.07, 6.45) is 5.99. The standard InChI is InChI=1S/C17H12BrN/c18-15-6-3-4-13(12-15)8-9-17-16-7-2-1-5-14(16)10-11-19-17/h1-12H. The van der Waals surface area contributed by atoms with E-state index in [1.165, 1.54) is 10.8 Å². The summed E-state index contributed by atoms with van der Waals surface area (Å²) in [4.78, 5) is 4.45. The van der Waals surface area contributed by atoms with E-state index in [1.54, 1.807) is 0 Å². The van der Waals surface area contributed by atoms with Gasteiger partial charge < -0.3 is 0 Å². The van der Waals surface area contributed by atoms with Gasteiger partial charge in [-0.05, 0) is 35.2 Å². The fourth-order valence-electron chi connectivity index (χ4n) is 2.06. The van der Waals surface area contributed by atoms with Crippen LogP contribution in [-0.4, -0.2) is 4.98 Å². The molecule has 0 amide bonds. The van der Waals surface area contributed by atoms with E-state index < -0.39 is 0 Å². The maximum Gasteiger partial charge on any atom is 0.0708 e. The molecule has 0 saturated carbocycles. The van der Waals surface area contributed by atoms with E-state index in [0.29, 0.717) is 0 Å². The molecule has 1 heterocycles. The van der Waals surface area contributed by atoms with Crippen LogP contribution in [0, 0.1) is 0 Å². The topological polar surface area (TPSA) is 12.9 Å². The molecule has 0 radical (unpaired) electrons. The van der Waals surface area contributed by atoms with Gasteiger partial charge in [0.2, 0.25) is 0 Å². The van der Waals surface area contributed by atoms with Gasteiger partial charge in [-0.2, -0.15) is 0 Å². The van der Waals surface area contributed by atoms with Crippen LogP contribution in [0.3, 0.4) is 0 Å². The van der Waals surface area contributed by atoms with Crippen LogP contribution in [0.5, 0.6) is 0 Å². The third-order valence-electron chi connectivity index (χ3n) is 2.99. The third-order valence-corrected chi connectivity index (χ3v) is 3.48. The lowest BCUT2D eigenvalue weighted by Crippen LogP contribution is -1.83. The average Bonchev–Trinajstić information content (AvgIpc) is 2.45. The van der Waals surface area contributed by atoms with Gasteiger partial charge in [0.1, 0.15) is 0 Å². The van der Waals surface area contributed by atoms with Gasteiger partial charge in [-0.3, -0.25) is 4.98 Å². The zero-order valence-electron chi connectivity index (χ0n) is 10.3. The highest BCUT2D eigenvalue weighted by Crippen LogP contribution is 2.19. The molecule has 1 nitrogen and oxygen atoms in total. The van der Waals surface area contributed by atoms with Crippen molar-refractivity contribution in [3.8, 4) is 0 Å². The Balaban J connectivity index is 2.02. The van der Waals surface area contributed by atoms with Crippen LogP contribution in [0.1, 0.15) is 11.3 Å². The molecule has 0 atom stereocenters. The largest absolute Gasteiger partial charge is 0.256 e. The van der Waals surface area contributed by atoms with Crippen molar-refractivity contribution in [3.05, 3.63) is 76.5 Å². The van der Waals surface area contributed by atoms with Gasteiger partial charge in [0.25, 0.3) is 0 Å². The summed E-state index contributed by atoms with van der Waals surface area (Å²) < 4.78 is 1.08. The van der Waals surface area contributed by atoms with Gasteiger partial charge in [0, 0.05) is 16.1 Å². The van der Waals surface area contributed by atoms with Crippen LogP contribution in [-0.2, 0) is 0 Å². The van der Waals surface area contributed by atoms with Crippen molar-refractivity contribution in [1.29, 1.82) is 0 Å². The molecule has 2 aromatic carbocycles. The number of nitrogens with zero attached hydrogens (tertiary/aromatic N) is 1. The van der Waals surface area contributed by atoms with Gasteiger partial charge in [-0.25, -0.2) is 0 Å².